The van der Waals surface area contributed by atoms with Crippen LogP contribution in [0.4, 0.5) is 0 Å². The maximum atomic E-state index is 4.70. The second kappa shape index (κ2) is 8.97. The standard InChI is InChI=1S/C22H36N2/c1-3-17-5-7-19(8-6-17)11-14-22-23-15-21(16-24-22)20-12-9-18(4-2)10-13-20/h15-20H,3-14H2,1-2H3. The molecule has 24 heavy (non-hydrogen) atoms. The highest BCUT2D eigenvalue weighted by Crippen LogP contribution is 2.36. The lowest BCUT2D eigenvalue weighted by Gasteiger charge is -2.28. The molecule has 0 saturated heterocycles. The van der Waals surface area contributed by atoms with E-state index in [-0.39, 0.29) is 0 Å². The number of aryl methyl sites for hydroxylation is 1. The van der Waals surface area contributed by atoms with Gasteiger partial charge in [-0.1, -0.05) is 52.4 Å². The van der Waals surface area contributed by atoms with Crippen LogP contribution < -0.4 is 0 Å². The monoisotopic (exact) mass is 328 g/mol. The van der Waals surface area contributed by atoms with Crippen molar-refractivity contribution < 1.29 is 0 Å². The molecule has 3 rings (SSSR count). The van der Waals surface area contributed by atoms with Crippen molar-refractivity contribution >= 4 is 0 Å². The van der Waals surface area contributed by atoms with Crippen LogP contribution in [0.5, 0.6) is 0 Å². The van der Waals surface area contributed by atoms with Gasteiger partial charge in [0.15, 0.2) is 0 Å². The van der Waals surface area contributed by atoms with Crippen molar-refractivity contribution in [3.8, 4) is 0 Å². The van der Waals surface area contributed by atoms with Crippen molar-refractivity contribution in [3.63, 3.8) is 0 Å². The number of hydrogen-bond donors (Lipinski definition) is 0. The van der Waals surface area contributed by atoms with Gasteiger partial charge < -0.3 is 0 Å². The highest BCUT2D eigenvalue weighted by Gasteiger charge is 2.22. The number of nitrogens with zero attached hydrogens (tertiary/aromatic N) is 2. The lowest BCUT2D eigenvalue weighted by atomic mass is 9.78. The third kappa shape index (κ3) is 4.80. The topological polar surface area (TPSA) is 25.8 Å². The van der Waals surface area contributed by atoms with Crippen LogP contribution in [0.3, 0.4) is 0 Å². The SMILES string of the molecule is CCC1CCC(CCc2ncc(C3CCC(CC)CC3)cn2)CC1. The van der Waals surface area contributed by atoms with Crippen LogP contribution in [-0.4, -0.2) is 9.97 Å². The first-order chi connectivity index (χ1) is 11.8. The summed E-state index contributed by atoms with van der Waals surface area (Å²) >= 11 is 0. The Bertz CT molecular complexity index is 465. The van der Waals surface area contributed by atoms with Gasteiger partial charge in [-0.25, -0.2) is 9.97 Å². The Kier molecular flexibility index (Phi) is 6.68. The van der Waals surface area contributed by atoms with Crippen molar-refractivity contribution in [1.29, 1.82) is 0 Å². The Morgan fingerprint density at radius 1 is 0.750 bits per heavy atom. The summed E-state index contributed by atoms with van der Waals surface area (Å²) in [6.07, 6.45) is 20.6. The van der Waals surface area contributed by atoms with E-state index in [0.717, 1.165) is 30.0 Å². The second-order valence-corrected chi connectivity index (χ2v) is 8.39. The van der Waals surface area contributed by atoms with Crippen LogP contribution in [-0.2, 0) is 6.42 Å². The first kappa shape index (κ1) is 17.9. The quantitative estimate of drug-likeness (QED) is 0.611. The number of rotatable bonds is 6. The van der Waals surface area contributed by atoms with Crippen molar-refractivity contribution in [1.82, 2.24) is 9.97 Å². The molecule has 0 spiro atoms. The maximum Gasteiger partial charge on any atom is 0.128 e. The Hall–Kier alpha value is -0.920. The van der Waals surface area contributed by atoms with Gasteiger partial charge in [0, 0.05) is 18.8 Å². The minimum absolute atomic E-state index is 0.714. The fraction of sp³-hybridized carbons (Fsp3) is 0.818. The summed E-state index contributed by atoms with van der Waals surface area (Å²) in [5, 5.41) is 0. The zero-order chi connectivity index (χ0) is 16.8. The fourth-order valence-electron chi connectivity index (χ4n) is 4.87. The molecule has 2 aliphatic carbocycles. The van der Waals surface area contributed by atoms with Gasteiger partial charge in [0.1, 0.15) is 5.82 Å². The average Bonchev–Trinajstić information content (AvgIpc) is 2.67. The molecular weight excluding hydrogens is 292 g/mol. The molecule has 1 heterocycles. The molecule has 0 N–H and O–H groups in total. The highest BCUT2D eigenvalue weighted by molar-refractivity contribution is 5.12. The van der Waals surface area contributed by atoms with Crippen LogP contribution in [0.15, 0.2) is 12.4 Å². The molecule has 2 saturated carbocycles. The summed E-state index contributed by atoms with van der Waals surface area (Å²) < 4.78 is 0. The van der Waals surface area contributed by atoms with E-state index in [4.69, 9.17) is 9.97 Å². The van der Waals surface area contributed by atoms with E-state index >= 15 is 0 Å². The normalized spacial score (nSPS) is 31.1. The van der Waals surface area contributed by atoms with Gasteiger partial charge in [-0.3, -0.25) is 0 Å². The van der Waals surface area contributed by atoms with Gasteiger partial charge in [-0.15, -0.1) is 0 Å². The zero-order valence-electron chi connectivity index (χ0n) is 15.8. The molecule has 2 aliphatic rings. The van der Waals surface area contributed by atoms with Gasteiger partial charge in [0.05, 0.1) is 0 Å². The lowest BCUT2D eigenvalue weighted by Crippen LogP contribution is -2.15. The summed E-state index contributed by atoms with van der Waals surface area (Å²) in [5.41, 5.74) is 1.39. The summed E-state index contributed by atoms with van der Waals surface area (Å²) in [4.78, 5) is 9.39. The summed E-state index contributed by atoms with van der Waals surface area (Å²) in [5.74, 6) is 4.66. The first-order valence-electron chi connectivity index (χ1n) is 10.6. The molecule has 0 atom stereocenters. The lowest BCUT2D eigenvalue weighted by molar-refractivity contribution is 0.258. The molecule has 0 aliphatic heterocycles. The Balaban J connectivity index is 1.43. The van der Waals surface area contributed by atoms with E-state index in [1.54, 1.807) is 0 Å². The minimum atomic E-state index is 0.714. The second-order valence-electron chi connectivity index (χ2n) is 8.39. The van der Waals surface area contributed by atoms with Gasteiger partial charge in [0.2, 0.25) is 0 Å². The van der Waals surface area contributed by atoms with E-state index in [0.29, 0.717) is 5.92 Å². The van der Waals surface area contributed by atoms with E-state index < -0.39 is 0 Å². The predicted molar refractivity (Wildman–Crippen MR) is 101 cm³/mol. The van der Waals surface area contributed by atoms with Gasteiger partial charge in [-0.05, 0) is 61.3 Å². The van der Waals surface area contributed by atoms with Crippen LogP contribution in [0.1, 0.15) is 102 Å². The van der Waals surface area contributed by atoms with Crippen molar-refractivity contribution in [3.05, 3.63) is 23.8 Å². The molecule has 2 fully saturated rings. The smallest absolute Gasteiger partial charge is 0.128 e. The fourth-order valence-corrected chi connectivity index (χ4v) is 4.87. The van der Waals surface area contributed by atoms with E-state index in [1.807, 2.05) is 0 Å². The van der Waals surface area contributed by atoms with E-state index in [9.17, 15) is 0 Å². The van der Waals surface area contributed by atoms with Crippen LogP contribution >= 0.6 is 0 Å². The molecule has 0 radical (unpaired) electrons. The van der Waals surface area contributed by atoms with Crippen molar-refractivity contribution in [2.24, 2.45) is 17.8 Å². The molecule has 0 amide bonds. The van der Waals surface area contributed by atoms with Gasteiger partial charge in [-0.2, -0.15) is 0 Å². The Morgan fingerprint density at radius 2 is 1.25 bits per heavy atom. The summed E-state index contributed by atoms with van der Waals surface area (Å²) in [6.45, 7) is 4.67. The highest BCUT2D eigenvalue weighted by atomic mass is 14.9. The van der Waals surface area contributed by atoms with Crippen LogP contribution in [0.2, 0.25) is 0 Å². The Labute approximate surface area is 148 Å². The van der Waals surface area contributed by atoms with Crippen molar-refractivity contribution in [2.45, 2.75) is 96.8 Å². The molecule has 134 valence electrons. The molecule has 1 aromatic heterocycles. The first-order valence-corrected chi connectivity index (χ1v) is 10.6. The van der Waals surface area contributed by atoms with E-state index in [2.05, 4.69) is 26.2 Å². The zero-order valence-corrected chi connectivity index (χ0v) is 15.8. The average molecular weight is 329 g/mol. The number of aromatic nitrogens is 2. The van der Waals surface area contributed by atoms with Gasteiger partial charge in [0.25, 0.3) is 0 Å². The molecule has 0 unspecified atom stereocenters. The van der Waals surface area contributed by atoms with E-state index in [1.165, 1.54) is 76.2 Å². The van der Waals surface area contributed by atoms with Crippen molar-refractivity contribution in [2.75, 3.05) is 0 Å². The third-order valence-electron chi connectivity index (χ3n) is 6.94. The molecular formula is C22H36N2. The Morgan fingerprint density at radius 3 is 1.79 bits per heavy atom. The summed E-state index contributed by atoms with van der Waals surface area (Å²) in [7, 11) is 0. The molecule has 1 aromatic rings. The predicted octanol–water partition coefficient (Wildman–Crippen LogP) is 6.31. The molecule has 2 heteroatoms. The van der Waals surface area contributed by atoms with Crippen LogP contribution in [0.25, 0.3) is 0 Å². The largest absolute Gasteiger partial charge is 0.241 e. The molecule has 2 nitrogen and oxygen atoms in total. The minimum Gasteiger partial charge on any atom is -0.241 e. The number of hydrogen-bond acceptors (Lipinski definition) is 2. The molecule has 0 aromatic carbocycles. The van der Waals surface area contributed by atoms with Gasteiger partial charge >= 0.3 is 0 Å². The summed E-state index contributed by atoms with van der Waals surface area (Å²) in [6, 6.07) is 0. The third-order valence-corrected chi connectivity index (χ3v) is 6.94. The molecule has 0 bridgehead atoms. The maximum absolute atomic E-state index is 4.70. The van der Waals surface area contributed by atoms with Crippen LogP contribution in [0, 0.1) is 17.8 Å².